The fourth-order valence-corrected chi connectivity index (χ4v) is 2.30. The molecule has 2 N–H and O–H groups in total. The van der Waals surface area contributed by atoms with Gasteiger partial charge in [-0.3, -0.25) is 4.98 Å². The SMILES string of the molecule is NCC(Cc1ccccc1Br)c1ccccn1. The molecule has 0 aliphatic carbocycles. The predicted octanol–water partition coefficient (Wildman–Crippen LogP) is 3.13. The van der Waals surface area contributed by atoms with E-state index in [9.17, 15) is 0 Å². The number of pyridine rings is 1. The molecular formula is C14H15BrN2. The van der Waals surface area contributed by atoms with Gasteiger partial charge in [0.25, 0.3) is 0 Å². The Balaban J connectivity index is 2.19. The van der Waals surface area contributed by atoms with E-state index in [2.05, 4.69) is 33.0 Å². The summed E-state index contributed by atoms with van der Waals surface area (Å²) in [5, 5.41) is 0. The molecule has 1 atom stereocenters. The van der Waals surface area contributed by atoms with Crippen molar-refractivity contribution in [3.63, 3.8) is 0 Å². The molecule has 1 unspecified atom stereocenters. The summed E-state index contributed by atoms with van der Waals surface area (Å²) in [4.78, 5) is 4.38. The third kappa shape index (κ3) is 3.14. The maximum absolute atomic E-state index is 5.85. The van der Waals surface area contributed by atoms with Crippen LogP contribution in [0.1, 0.15) is 17.2 Å². The fraction of sp³-hybridized carbons (Fsp3) is 0.214. The molecule has 0 fully saturated rings. The van der Waals surface area contributed by atoms with Crippen LogP contribution in [0.4, 0.5) is 0 Å². The Morgan fingerprint density at radius 2 is 1.88 bits per heavy atom. The van der Waals surface area contributed by atoms with Gasteiger partial charge < -0.3 is 5.73 Å². The molecule has 1 aromatic carbocycles. The van der Waals surface area contributed by atoms with Gasteiger partial charge in [-0.2, -0.15) is 0 Å². The molecule has 0 aliphatic rings. The van der Waals surface area contributed by atoms with Gasteiger partial charge in [0.2, 0.25) is 0 Å². The van der Waals surface area contributed by atoms with Gasteiger partial charge in [0, 0.05) is 28.8 Å². The average molecular weight is 291 g/mol. The normalized spacial score (nSPS) is 12.4. The molecule has 2 rings (SSSR count). The Kier molecular flexibility index (Phi) is 4.29. The Labute approximate surface area is 110 Å². The van der Waals surface area contributed by atoms with Crippen LogP contribution >= 0.6 is 15.9 Å². The molecule has 3 heteroatoms. The molecule has 0 radical (unpaired) electrons. The minimum Gasteiger partial charge on any atom is -0.330 e. The van der Waals surface area contributed by atoms with E-state index in [1.165, 1.54) is 5.56 Å². The zero-order valence-corrected chi connectivity index (χ0v) is 11.1. The minimum atomic E-state index is 0.273. The number of benzene rings is 1. The second-order valence-electron chi connectivity index (χ2n) is 3.98. The number of hydrogen-bond donors (Lipinski definition) is 1. The van der Waals surface area contributed by atoms with Gasteiger partial charge in [-0.15, -0.1) is 0 Å². The van der Waals surface area contributed by atoms with Crippen LogP contribution in [0.3, 0.4) is 0 Å². The zero-order valence-electron chi connectivity index (χ0n) is 9.51. The fourth-order valence-electron chi connectivity index (χ4n) is 1.86. The first-order chi connectivity index (χ1) is 8.31. The third-order valence-electron chi connectivity index (χ3n) is 2.81. The van der Waals surface area contributed by atoms with Crippen LogP contribution in [0.15, 0.2) is 53.1 Å². The van der Waals surface area contributed by atoms with Crippen molar-refractivity contribution in [3.05, 3.63) is 64.4 Å². The minimum absolute atomic E-state index is 0.273. The number of rotatable bonds is 4. The lowest BCUT2D eigenvalue weighted by Gasteiger charge is -2.15. The van der Waals surface area contributed by atoms with Gasteiger partial charge >= 0.3 is 0 Å². The zero-order chi connectivity index (χ0) is 12.1. The van der Waals surface area contributed by atoms with E-state index in [-0.39, 0.29) is 5.92 Å². The highest BCUT2D eigenvalue weighted by Crippen LogP contribution is 2.23. The molecular weight excluding hydrogens is 276 g/mol. The Hall–Kier alpha value is -1.19. The van der Waals surface area contributed by atoms with Crippen molar-refractivity contribution in [1.82, 2.24) is 4.98 Å². The lowest BCUT2D eigenvalue weighted by molar-refractivity contribution is 0.671. The number of aromatic nitrogens is 1. The number of nitrogens with zero attached hydrogens (tertiary/aromatic N) is 1. The summed E-state index contributed by atoms with van der Waals surface area (Å²) in [6.45, 7) is 0.609. The summed E-state index contributed by atoms with van der Waals surface area (Å²) in [5.41, 5.74) is 8.18. The number of nitrogens with two attached hydrogens (primary N) is 1. The summed E-state index contributed by atoms with van der Waals surface area (Å²) in [6.07, 6.45) is 2.73. The van der Waals surface area contributed by atoms with E-state index >= 15 is 0 Å². The third-order valence-corrected chi connectivity index (χ3v) is 3.59. The maximum atomic E-state index is 5.85. The quantitative estimate of drug-likeness (QED) is 0.940. The molecule has 0 saturated heterocycles. The van der Waals surface area contributed by atoms with E-state index in [4.69, 9.17) is 5.73 Å². The number of halogens is 1. The van der Waals surface area contributed by atoms with Gasteiger partial charge in [-0.25, -0.2) is 0 Å². The highest BCUT2D eigenvalue weighted by molar-refractivity contribution is 9.10. The first kappa shape index (κ1) is 12.3. The first-order valence-electron chi connectivity index (χ1n) is 5.65. The largest absolute Gasteiger partial charge is 0.330 e. The standard InChI is InChI=1S/C14H15BrN2/c15-13-6-2-1-5-11(13)9-12(10-16)14-7-3-4-8-17-14/h1-8,12H,9-10,16H2. The predicted molar refractivity (Wildman–Crippen MR) is 73.9 cm³/mol. The van der Waals surface area contributed by atoms with E-state index < -0.39 is 0 Å². The van der Waals surface area contributed by atoms with Crippen LogP contribution in [-0.4, -0.2) is 11.5 Å². The van der Waals surface area contributed by atoms with Crippen molar-refractivity contribution in [3.8, 4) is 0 Å². The van der Waals surface area contributed by atoms with Crippen molar-refractivity contribution in [2.24, 2.45) is 5.73 Å². The van der Waals surface area contributed by atoms with E-state index in [1.807, 2.05) is 36.5 Å². The van der Waals surface area contributed by atoms with Gasteiger partial charge in [0.15, 0.2) is 0 Å². The Morgan fingerprint density at radius 1 is 1.12 bits per heavy atom. The second-order valence-corrected chi connectivity index (χ2v) is 4.84. The molecule has 2 nitrogen and oxygen atoms in total. The van der Waals surface area contributed by atoms with Gasteiger partial charge in [-0.05, 0) is 30.2 Å². The second kappa shape index (κ2) is 5.94. The molecule has 0 bridgehead atoms. The molecule has 0 spiro atoms. The topological polar surface area (TPSA) is 38.9 Å². The molecule has 0 aliphatic heterocycles. The Morgan fingerprint density at radius 3 is 2.53 bits per heavy atom. The summed E-state index contributed by atoms with van der Waals surface area (Å²) in [5.74, 6) is 0.273. The van der Waals surface area contributed by atoms with Crippen molar-refractivity contribution < 1.29 is 0 Å². The molecule has 0 amide bonds. The van der Waals surface area contributed by atoms with Crippen LogP contribution in [-0.2, 0) is 6.42 Å². The van der Waals surface area contributed by atoms with Crippen molar-refractivity contribution >= 4 is 15.9 Å². The summed E-state index contributed by atoms with van der Waals surface area (Å²) < 4.78 is 1.13. The van der Waals surface area contributed by atoms with Crippen LogP contribution in [0.2, 0.25) is 0 Å². The highest BCUT2D eigenvalue weighted by atomic mass is 79.9. The summed E-state index contributed by atoms with van der Waals surface area (Å²) in [6, 6.07) is 14.2. The van der Waals surface area contributed by atoms with Crippen molar-refractivity contribution in [1.29, 1.82) is 0 Å². The van der Waals surface area contributed by atoms with E-state index in [1.54, 1.807) is 0 Å². The lowest BCUT2D eigenvalue weighted by Crippen LogP contribution is -2.16. The molecule has 1 aromatic heterocycles. The van der Waals surface area contributed by atoms with Gasteiger partial charge in [0.05, 0.1) is 0 Å². The van der Waals surface area contributed by atoms with Gasteiger partial charge in [0.1, 0.15) is 0 Å². The lowest BCUT2D eigenvalue weighted by atomic mass is 9.96. The first-order valence-corrected chi connectivity index (χ1v) is 6.45. The number of hydrogen-bond acceptors (Lipinski definition) is 2. The maximum Gasteiger partial charge on any atom is 0.0450 e. The van der Waals surface area contributed by atoms with Crippen LogP contribution in [0, 0.1) is 0 Å². The van der Waals surface area contributed by atoms with E-state index in [0.29, 0.717) is 6.54 Å². The molecule has 2 aromatic rings. The molecule has 88 valence electrons. The van der Waals surface area contributed by atoms with Crippen LogP contribution in [0.5, 0.6) is 0 Å². The smallest absolute Gasteiger partial charge is 0.0450 e. The van der Waals surface area contributed by atoms with Crippen molar-refractivity contribution in [2.75, 3.05) is 6.54 Å². The van der Waals surface area contributed by atoms with Crippen LogP contribution < -0.4 is 5.73 Å². The molecule has 0 saturated carbocycles. The van der Waals surface area contributed by atoms with E-state index in [0.717, 1.165) is 16.6 Å². The summed E-state index contributed by atoms with van der Waals surface area (Å²) >= 11 is 3.57. The van der Waals surface area contributed by atoms with Gasteiger partial charge in [-0.1, -0.05) is 40.2 Å². The highest BCUT2D eigenvalue weighted by Gasteiger charge is 2.12. The Bertz CT molecular complexity index is 471. The monoisotopic (exact) mass is 290 g/mol. The average Bonchev–Trinajstić information content (AvgIpc) is 2.39. The molecule has 1 heterocycles. The van der Waals surface area contributed by atoms with Crippen LogP contribution in [0.25, 0.3) is 0 Å². The summed E-state index contributed by atoms with van der Waals surface area (Å²) in [7, 11) is 0. The van der Waals surface area contributed by atoms with Crippen molar-refractivity contribution in [2.45, 2.75) is 12.3 Å². The molecule has 17 heavy (non-hydrogen) atoms.